The SMILES string of the molecule is CC(=O)N1CC(NC(=O)CCNS(=O)(=O)c2cn(C)c(C)n2)C1. The molecule has 0 aliphatic carbocycles. The summed E-state index contributed by atoms with van der Waals surface area (Å²) >= 11 is 0. The number of aromatic nitrogens is 2. The van der Waals surface area contributed by atoms with Crippen molar-refractivity contribution in [1.29, 1.82) is 0 Å². The molecule has 0 spiro atoms. The predicted molar refractivity (Wildman–Crippen MR) is 81.9 cm³/mol. The van der Waals surface area contributed by atoms with E-state index in [0.29, 0.717) is 18.9 Å². The van der Waals surface area contributed by atoms with Crippen molar-refractivity contribution < 1.29 is 18.0 Å². The van der Waals surface area contributed by atoms with Gasteiger partial charge in [-0.2, -0.15) is 0 Å². The van der Waals surface area contributed by atoms with Gasteiger partial charge in [0, 0.05) is 46.2 Å². The molecule has 0 bridgehead atoms. The number of imidazole rings is 1. The van der Waals surface area contributed by atoms with E-state index in [0.717, 1.165) is 0 Å². The molecule has 0 radical (unpaired) electrons. The van der Waals surface area contributed by atoms with Crippen LogP contribution in [-0.4, -0.2) is 60.4 Å². The summed E-state index contributed by atoms with van der Waals surface area (Å²) < 4.78 is 28.0. The van der Waals surface area contributed by atoms with Crippen molar-refractivity contribution in [3.63, 3.8) is 0 Å². The number of carbonyl (C=O) groups is 2. The van der Waals surface area contributed by atoms with Crippen LogP contribution in [0.25, 0.3) is 0 Å². The fourth-order valence-corrected chi connectivity index (χ4v) is 3.22. The van der Waals surface area contributed by atoms with Gasteiger partial charge in [-0.05, 0) is 6.92 Å². The molecule has 1 aliphatic rings. The lowest BCUT2D eigenvalue weighted by molar-refractivity contribution is -0.135. The molecule has 9 nitrogen and oxygen atoms in total. The first kappa shape index (κ1) is 17.4. The van der Waals surface area contributed by atoms with Crippen LogP contribution in [0.3, 0.4) is 0 Å². The molecular weight excluding hydrogens is 322 g/mol. The second-order valence-corrected chi connectivity index (χ2v) is 7.29. The average Bonchev–Trinajstić information content (AvgIpc) is 2.73. The summed E-state index contributed by atoms with van der Waals surface area (Å²) in [5.41, 5.74) is 0. The first-order valence-corrected chi connectivity index (χ1v) is 8.72. The van der Waals surface area contributed by atoms with Crippen LogP contribution in [0, 0.1) is 6.92 Å². The molecule has 1 aromatic heterocycles. The molecule has 2 amide bonds. The van der Waals surface area contributed by atoms with E-state index < -0.39 is 10.0 Å². The number of likely N-dealkylation sites (tertiary alicyclic amines) is 1. The van der Waals surface area contributed by atoms with E-state index in [9.17, 15) is 18.0 Å². The Kier molecular flexibility index (Phi) is 5.05. The van der Waals surface area contributed by atoms with Crippen LogP contribution in [0.2, 0.25) is 0 Å². The summed E-state index contributed by atoms with van der Waals surface area (Å²) in [6.45, 7) is 4.18. The molecular formula is C13H21N5O4S. The number of hydrogen-bond acceptors (Lipinski definition) is 5. The van der Waals surface area contributed by atoms with Crippen molar-refractivity contribution in [2.75, 3.05) is 19.6 Å². The Morgan fingerprint density at radius 1 is 1.39 bits per heavy atom. The van der Waals surface area contributed by atoms with Gasteiger partial charge in [-0.25, -0.2) is 18.1 Å². The summed E-state index contributed by atoms with van der Waals surface area (Å²) in [5.74, 6) is 0.315. The Morgan fingerprint density at radius 3 is 2.57 bits per heavy atom. The molecule has 23 heavy (non-hydrogen) atoms. The molecule has 2 N–H and O–H groups in total. The molecule has 2 rings (SSSR count). The molecule has 10 heteroatoms. The van der Waals surface area contributed by atoms with E-state index >= 15 is 0 Å². The van der Waals surface area contributed by atoms with Gasteiger partial charge >= 0.3 is 0 Å². The van der Waals surface area contributed by atoms with Gasteiger partial charge in [0.15, 0.2) is 5.03 Å². The third-order valence-corrected chi connectivity index (χ3v) is 5.03. The highest BCUT2D eigenvalue weighted by Crippen LogP contribution is 2.08. The van der Waals surface area contributed by atoms with Gasteiger partial charge in [0.25, 0.3) is 10.0 Å². The van der Waals surface area contributed by atoms with Crippen molar-refractivity contribution in [2.24, 2.45) is 7.05 Å². The van der Waals surface area contributed by atoms with Crippen LogP contribution in [0.5, 0.6) is 0 Å². The smallest absolute Gasteiger partial charge is 0.259 e. The molecule has 1 fully saturated rings. The van der Waals surface area contributed by atoms with Gasteiger partial charge in [-0.3, -0.25) is 9.59 Å². The summed E-state index contributed by atoms with van der Waals surface area (Å²) in [6.07, 6.45) is 1.45. The first-order chi connectivity index (χ1) is 10.7. The number of rotatable bonds is 6. The topological polar surface area (TPSA) is 113 Å². The number of amides is 2. The number of sulfonamides is 1. The molecule has 0 saturated carbocycles. The van der Waals surface area contributed by atoms with Gasteiger partial charge in [0.05, 0.1) is 6.04 Å². The zero-order chi connectivity index (χ0) is 17.2. The standard InChI is InChI=1S/C13H21N5O4S/c1-9-15-13(8-17(9)3)23(21,22)14-5-4-12(20)16-11-6-18(7-11)10(2)19/h8,11,14H,4-7H2,1-3H3,(H,16,20). The van der Waals surface area contributed by atoms with Crippen LogP contribution in [0.4, 0.5) is 0 Å². The molecule has 128 valence electrons. The van der Waals surface area contributed by atoms with Gasteiger partial charge < -0.3 is 14.8 Å². The van der Waals surface area contributed by atoms with Crippen LogP contribution in [0.1, 0.15) is 19.2 Å². The van der Waals surface area contributed by atoms with Crippen molar-refractivity contribution >= 4 is 21.8 Å². The fourth-order valence-electron chi connectivity index (χ4n) is 2.16. The Bertz CT molecular complexity index is 686. The highest BCUT2D eigenvalue weighted by atomic mass is 32.2. The Labute approximate surface area is 135 Å². The summed E-state index contributed by atoms with van der Waals surface area (Å²) in [7, 11) is -2.01. The average molecular weight is 343 g/mol. The molecule has 2 heterocycles. The highest BCUT2D eigenvalue weighted by Gasteiger charge is 2.29. The minimum atomic E-state index is -3.71. The summed E-state index contributed by atoms with van der Waals surface area (Å²) in [6, 6.07) is -0.0542. The first-order valence-electron chi connectivity index (χ1n) is 7.23. The molecule has 0 unspecified atom stereocenters. The summed E-state index contributed by atoms with van der Waals surface area (Å²) in [5, 5.41) is 2.69. The lowest BCUT2D eigenvalue weighted by atomic mass is 10.1. The van der Waals surface area contributed by atoms with Gasteiger partial charge in [0.2, 0.25) is 11.8 Å². The predicted octanol–water partition coefficient (Wildman–Crippen LogP) is -1.26. The van der Waals surface area contributed by atoms with E-state index in [1.807, 2.05) is 0 Å². The van der Waals surface area contributed by atoms with Crippen molar-refractivity contribution in [2.45, 2.75) is 31.3 Å². The maximum atomic E-state index is 12.0. The zero-order valence-electron chi connectivity index (χ0n) is 13.4. The van der Waals surface area contributed by atoms with E-state index in [4.69, 9.17) is 0 Å². The zero-order valence-corrected chi connectivity index (χ0v) is 14.2. The second kappa shape index (κ2) is 6.67. The van der Waals surface area contributed by atoms with Crippen LogP contribution in [-0.2, 0) is 26.7 Å². The molecule has 1 saturated heterocycles. The number of aryl methyl sites for hydroxylation is 2. The fraction of sp³-hybridized carbons (Fsp3) is 0.615. The van der Waals surface area contributed by atoms with Gasteiger partial charge in [0.1, 0.15) is 5.82 Å². The van der Waals surface area contributed by atoms with Crippen molar-refractivity contribution in [3.8, 4) is 0 Å². The number of carbonyl (C=O) groups excluding carboxylic acids is 2. The maximum Gasteiger partial charge on any atom is 0.259 e. The van der Waals surface area contributed by atoms with E-state index in [1.165, 1.54) is 13.1 Å². The van der Waals surface area contributed by atoms with E-state index in [1.54, 1.807) is 23.4 Å². The molecule has 0 aromatic carbocycles. The number of nitrogens with zero attached hydrogens (tertiary/aromatic N) is 3. The number of nitrogens with one attached hydrogen (secondary N) is 2. The van der Waals surface area contributed by atoms with E-state index in [-0.39, 0.29) is 35.8 Å². The van der Waals surface area contributed by atoms with Crippen molar-refractivity contribution in [3.05, 3.63) is 12.0 Å². The molecule has 0 atom stereocenters. The Hall–Kier alpha value is -1.94. The third kappa shape index (κ3) is 4.29. The Morgan fingerprint density at radius 2 is 2.04 bits per heavy atom. The monoisotopic (exact) mass is 343 g/mol. The normalized spacial score (nSPS) is 15.3. The van der Waals surface area contributed by atoms with E-state index in [2.05, 4.69) is 15.0 Å². The quantitative estimate of drug-likeness (QED) is 0.670. The van der Waals surface area contributed by atoms with Crippen LogP contribution in [0.15, 0.2) is 11.2 Å². The second-order valence-electron chi connectivity index (χ2n) is 5.57. The third-order valence-electron chi connectivity index (χ3n) is 3.70. The minimum absolute atomic E-state index is 0.00701. The maximum absolute atomic E-state index is 12.0. The van der Waals surface area contributed by atoms with Gasteiger partial charge in [-0.15, -0.1) is 0 Å². The lowest BCUT2D eigenvalue weighted by Crippen LogP contribution is -2.60. The summed E-state index contributed by atoms with van der Waals surface area (Å²) in [4.78, 5) is 28.3. The lowest BCUT2D eigenvalue weighted by Gasteiger charge is -2.38. The van der Waals surface area contributed by atoms with Crippen molar-refractivity contribution in [1.82, 2.24) is 24.5 Å². The minimum Gasteiger partial charge on any atom is -0.350 e. The Balaban J connectivity index is 1.74. The largest absolute Gasteiger partial charge is 0.350 e. The molecule has 1 aromatic rings. The van der Waals surface area contributed by atoms with Gasteiger partial charge in [-0.1, -0.05) is 0 Å². The highest BCUT2D eigenvalue weighted by molar-refractivity contribution is 7.89. The molecule has 1 aliphatic heterocycles. The number of hydrogen-bond donors (Lipinski definition) is 2. The van der Waals surface area contributed by atoms with Crippen LogP contribution < -0.4 is 10.0 Å². The van der Waals surface area contributed by atoms with Crippen LogP contribution >= 0.6 is 0 Å².